The molecule has 0 N–H and O–H groups in total. The average molecular weight is 519 g/mol. The number of hydrogen-bond acceptors (Lipinski definition) is 6. The van der Waals surface area contributed by atoms with Crippen LogP contribution in [0.4, 0.5) is 15.0 Å². The molecule has 0 bridgehead atoms. The summed E-state index contributed by atoms with van der Waals surface area (Å²) in [6.07, 6.45) is -0.376. The molecule has 1 atom stereocenters. The second-order valence-corrected chi connectivity index (χ2v) is 9.37. The van der Waals surface area contributed by atoms with Crippen LogP contribution in [0.1, 0.15) is 27.2 Å². The highest BCUT2D eigenvalue weighted by atomic mass is 79.9. The van der Waals surface area contributed by atoms with E-state index in [1.165, 1.54) is 0 Å². The van der Waals surface area contributed by atoms with E-state index in [4.69, 9.17) is 27.9 Å². The molecule has 1 amide bonds. The first-order valence-electron chi connectivity index (χ1n) is 9.14. The van der Waals surface area contributed by atoms with Crippen LogP contribution >= 0.6 is 39.1 Å². The van der Waals surface area contributed by atoms with Crippen LogP contribution in [0.25, 0.3) is 10.9 Å². The third kappa shape index (κ3) is 4.71. The lowest BCUT2D eigenvalue weighted by Crippen LogP contribution is -2.56. The van der Waals surface area contributed by atoms with E-state index < -0.39 is 23.6 Å². The Bertz CT molecular complexity index is 1040. The van der Waals surface area contributed by atoms with Gasteiger partial charge in [0.2, 0.25) is 5.28 Å². The molecule has 1 aromatic heterocycles. The molecule has 1 saturated heterocycles. The SMILES string of the molecule is CC(C)(C)OC(=O)N1CCN(c2nc(Cl)nc3c(F)c(Br)c(Cl)cc23)CC1CC#N. The van der Waals surface area contributed by atoms with Crippen molar-refractivity contribution in [2.45, 2.75) is 38.8 Å². The molecule has 30 heavy (non-hydrogen) atoms. The van der Waals surface area contributed by atoms with Gasteiger partial charge in [0.05, 0.1) is 28.0 Å². The van der Waals surface area contributed by atoms with Crippen LogP contribution in [0.5, 0.6) is 0 Å². The molecule has 0 aliphatic carbocycles. The predicted molar refractivity (Wildman–Crippen MR) is 116 cm³/mol. The molecule has 1 aromatic carbocycles. The quantitative estimate of drug-likeness (QED) is 0.402. The van der Waals surface area contributed by atoms with Crippen molar-refractivity contribution in [1.29, 1.82) is 5.26 Å². The smallest absolute Gasteiger partial charge is 0.410 e. The maximum Gasteiger partial charge on any atom is 0.410 e. The van der Waals surface area contributed by atoms with E-state index >= 15 is 0 Å². The highest BCUT2D eigenvalue weighted by molar-refractivity contribution is 9.10. The molecule has 1 aliphatic heterocycles. The molecule has 160 valence electrons. The maximum atomic E-state index is 14.7. The first-order chi connectivity index (χ1) is 14.0. The van der Waals surface area contributed by atoms with Crippen LogP contribution in [-0.4, -0.2) is 52.2 Å². The maximum absolute atomic E-state index is 14.7. The van der Waals surface area contributed by atoms with Gasteiger partial charge in [0.15, 0.2) is 5.82 Å². The number of nitriles is 1. The topological polar surface area (TPSA) is 82.3 Å². The van der Waals surface area contributed by atoms with Crippen LogP contribution in [0.15, 0.2) is 10.5 Å². The first kappa shape index (κ1) is 22.8. The lowest BCUT2D eigenvalue weighted by molar-refractivity contribution is 0.0145. The van der Waals surface area contributed by atoms with Gasteiger partial charge in [0, 0.05) is 25.0 Å². The number of rotatable bonds is 2. The van der Waals surface area contributed by atoms with Gasteiger partial charge in [0.25, 0.3) is 0 Å². The van der Waals surface area contributed by atoms with Gasteiger partial charge in [-0.15, -0.1) is 0 Å². The van der Waals surface area contributed by atoms with Crippen molar-refractivity contribution in [1.82, 2.24) is 14.9 Å². The highest BCUT2D eigenvalue weighted by Crippen LogP contribution is 2.36. The molecular formula is C19H19BrCl2FN5O2. The number of ether oxygens (including phenoxy) is 1. The predicted octanol–water partition coefficient (Wildman–Crippen LogP) is 5.18. The van der Waals surface area contributed by atoms with Gasteiger partial charge in [0.1, 0.15) is 16.9 Å². The van der Waals surface area contributed by atoms with E-state index in [-0.39, 0.29) is 26.7 Å². The molecule has 1 unspecified atom stereocenters. The molecular weight excluding hydrogens is 500 g/mol. The van der Waals surface area contributed by atoms with Crippen LogP contribution in [0.2, 0.25) is 10.3 Å². The first-order valence-corrected chi connectivity index (χ1v) is 10.7. The molecule has 7 nitrogen and oxygen atoms in total. The van der Waals surface area contributed by atoms with Crippen molar-refractivity contribution < 1.29 is 13.9 Å². The van der Waals surface area contributed by atoms with Crippen molar-refractivity contribution in [3.63, 3.8) is 0 Å². The summed E-state index contributed by atoms with van der Waals surface area (Å²) in [4.78, 5) is 24.3. The van der Waals surface area contributed by atoms with Crippen molar-refractivity contribution in [2.24, 2.45) is 0 Å². The Kier molecular flexibility index (Phi) is 6.60. The monoisotopic (exact) mass is 517 g/mol. The molecule has 2 aromatic rings. The van der Waals surface area contributed by atoms with E-state index in [0.29, 0.717) is 30.8 Å². The molecule has 0 spiro atoms. The zero-order valence-electron chi connectivity index (χ0n) is 16.5. The number of aromatic nitrogens is 2. The van der Waals surface area contributed by atoms with E-state index in [2.05, 4.69) is 32.0 Å². The summed E-state index contributed by atoms with van der Waals surface area (Å²) in [7, 11) is 0. The number of carbonyl (C=O) groups is 1. The number of carbonyl (C=O) groups excluding carboxylic acids is 1. The van der Waals surface area contributed by atoms with Crippen LogP contribution in [-0.2, 0) is 4.74 Å². The Morgan fingerprint density at radius 2 is 2.10 bits per heavy atom. The number of anilines is 1. The van der Waals surface area contributed by atoms with Gasteiger partial charge in [-0.3, -0.25) is 0 Å². The minimum atomic E-state index is -0.649. The average Bonchev–Trinajstić information content (AvgIpc) is 2.65. The van der Waals surface area contributed by atoms with Gasteiger partial charge in [-0.2, -0.15) is 10.2 Å². The number of amides is 1. The summed E-state index contributed by atoms with van der Waals surface area (Å²) in [5.41, 5.74) is -0.614. The standard InChI is InChI=1S/C19H19BrCl2FN5O2/c1-19(2,3)30-18(29)28-7-6-27(9-10(28)4-5-24)16-11-8-12(21)13(20)14(23)15(11)25-17(22)26-16/h8,10H,4,6-7,9H2,1-3H3. The van der Waals surface area contributed by atoms with Crippen molar-refractivity contribution >= 4 is 61.9 Å². The minimum absolute atomic E-state index is 0.0349. The largest absolute Gasteiger partial charge is 0.444 e. The number of piperazine rings is 1. The number of nitrogens with zero attached hydrogens (tertiary/aromatic N) is 5. The molecule has 0 saturated carbocycles. The molecule has 11 heteroatoms. The van der Waals surface area contributed by atoms with Gasteiger partial charge in [-0.1, -0.05) is 11.6 Å². The van der Waals surface area contributed by atoms with Crippen molar-refractivity contribution in [3.05, 3.63) is 26.7 Å². The fraction of sp³-hybridized carbons (Fsp3) is 0.474. The molecule has 3 rings (SSSR count). The molecule has 0 radical (unpaired) electrons. The summed E-state index contributed by atoms with van der Waals surface area (Å²) >= 11 is 15.3. The Morgan fingerprint density at radius 1 is 1.40 bits per heavy atom. The number of benzene rings is 1. The Labute approximate surface area is 191 Å². The summed E-state index contributed by atoms with van der Waals surface area (Å²) in [5.74, 6) is -0.242. The number of hydrogen-bond donors (Lipinski definition) is 0. The summed E-state index contributed by atoms with van der Waals surface area (Å²) < 4.78 is 20.3. The highest BCUT2D eigenvalue weighted by Gasteiger charge is 2.34. The summed E-state index contributed by atoms with van der Waals surface area (Å²) in [5, 5.41) is 9.72. The van der Waals surface area contributed by atoms with Crippen molar-refractivity contribution in [3.8, 4) is 6.07 Å². The third-order valence-corrected chi connectivity index (χ3v) is 5.99. The number of halogens is 4. The lowest BCUT2D eigenvalue weighted by atomic mass is 10.1. The molecule has 1 aliphatic rings. The minimum Gasteiger partial charge on any atom is -0.444 e. The Morgan fingerprint density at radius 3 is 2.73 bits per heavy atom. The van der Waals surface area contributed by atoms with Gasteiger partial charge in [-0.25, -0.2) is 14.2 Å². The number of fused-ring (bicyclic) bond motifs is 1. The van der Waals surface area contributed by atoms with Gasteiger partial charge >= 0.3 is 6.09 Å². The third-order valence-electron chi connectivity index (χ3n) is 4.52. The molecule has 2 heterocycles. The fourth-order valence-corrected chi connectivity index (χ4v) is 3.92. The summed E-state index contributed by atoms with van der Waals surface area (Å²) in [6, 6.07) is 3.24. The van der Waals surface area contributed by atoms with Crippen molar-refractivity contribution in [2.75, 3.05) is 24.5 Å². The lowest BCUT2D eigenvalue weighted by Gasteiger charge is -2.41. The molecule has 1 fully saturated rings. The van der Waals surface area contributed by atoms with E-state index in [1.54, 1.807) is 31.7 Å². The van der Waals surface area contributed by atoms with Gasteiger partial charge in [-0.05, 0) is 54.4 Å². The second kappa shape index (κ2) is 8.69. The zero-order chi connectivity index (χ0) is 22.2. The van der Waals surface area contributed by atoms with E-state index in [0.717, 1.165) is 0 Å². The van der Waals surface area contributed by atoms with Crippen LogP contribution in [0, 0.1) is 17.1 Å². The normalized spacial score (nSPS) is 17.2. The van der Waals surface area contributed by atoms with E-state index in [9.17, 15) is 14.4 Å². The summed E-state index contributed by atoms with van der Waals surface area (Å²) in [6.45, 7) is 6.34. The Balaban J connectivity index is 1.97. The Hall–Kier alpha value is -1.89. The van der Waals surface area contributed by atoms with E-state index in [1.807, 2.05) is 4.90 Å². The van der Waals surface area contributed by atoms with Crippen LogP contribution in [0.3, 0.4) is 0 Å². The van der Waals surface area contributed by atoms with Crippen LogP contribution < -0.4 is 4.90 Å². The second-order valence-electron chi connectivity index (χ2n) is 7.83. The zero-order valence-corrected chi connectivity index (χ0v) is 19.6. The van der Waals surface area contributed by atoms with Gasteiger partial charge < -0.3 is 14.5 Å². The fourth-order valence-electron chi connectivity index (χ4n) is 3.26.